The molecular weight excluding hydrogens is 235 g/mol. The number of benzene rings is 1. The molecule has 0 saturated heterocycles. The Morgan fingerprint density at radius 3 is 2.56 bits per heavy atom. The average Bonchev–Trinajstić information content (AvgIpc) is 2.34. The van der Waals surface area contributed by atoms with Gasteiger partial charge in [0, 0.05) is 12.1 Å². The van der Waals surface area contributed by atoms with E-state index in [4.69, 9.17) is 0 Å². The van der Waals surface area contributed by atoms with Crippen LogP contribution in [0.3, 0.4) is 0 Å². The molecule has 0 aromatic heterocycles. The van der Waals surface area contributed by atoms with E-state index in [0.717, 1.165) is 19.0 Å². The van der Waals surface area contributed by atoms with Crippen LogP contribution < -0.4 is 5.32 Å². The third-order valence-corrected chi connectivity index (χ3v) is 3.20. The van der Waals surface area contributed by atoms with Crippen molar-refractivity contribution in [2.75, 3.05) is 6.54 Å². The largest absolute Gasteiger partial charge is 0.314 e. The van der Waals surface area contributed by atoms with Crippen molar-refractivity contribution < 1.29 is 9.31 Å². The molecule has 0 saturated carbocycles. The van der Waals surface area contributed by atoms with E-state index < -0.39 is 10.7 Å². The van der Waals surface area contributed by atoms with Gasteiger partial charge in [-0.2, -0.15) is 0 Å². The predicted molar refractivity (Wildman–Crippen MR) is 69.2 cm³/mol. The molecule has 0 aliphatic rings. The predicted octanol–water partition coefficient (Wildman–Crippen LogP) is 3.23. The Balaban J connectivity index is 2.98. The summed E-state index contributed by atoms with van der Waals surface area (Å²) < 4.78 is 13.9. The summed E-state index contributed by atoms with van der Waals surface area (Å²) in [7, 11) is 0. The Morgan fingerprint density at radius 2 is 2.11 bits per heavy atom. The molecule has 1 rings (SSSR count). The monoisotopic (exact) mass is 254 g/mol. The van der Waals surface area contributed by atoms with Crippen LogP contribution in [0, 0.1) is 15.9 Å². The molecule has 0 heterocycles. The molecule has 100 valence electrons. The second-order valence-corrected chi connectivity index (χ2v) is 4.32. The van der Waals surface area contributed by atoms with Crippen LogP contribution in [-0.4, -0.2) is 17.5 Å². The van der Waals surface area contributed by atoms with Gasteiger partial charge in [-0.1, -0.05) is 20.8 Å². The van der Waals surface area contributed by atoms with Gasteiger partial charge in [-0.05, 0) is 30.5 Å². The minimum Gasteiger partial charge on any atom is -0.314 e. The van der Waals surface area contributed by atoms with Gasteiger partial charge >= 0.3 is 0 Å². The minimum absolute atomic E-state index is 0.0178. The van der Waals surface area contributed by atoms with E-state index in [1.807, 2.05) is 20.8 Å². The zero-order valence-electron chi connectivity index (χ0n) is 10.9. The molecule has 1 aromatic rings. The third-order valence-electron chi connectivity index (χ3n) is 3.20. The normalized spacial score (nSPS) is 14.2. The highest BCUT2D eigenvalue weighted by Crippen LogP contribution is 2.26. The number of halogens is 1. The third kappa shape index (κ3) is 3.26. The lowest BCUT2D eigenvalue weighted by atomic mass is 9.91. The second-order valence-electron chi connectivity index (χ2n) is 4.32. The van der Waals surface area contributed by atoms with Crippen molar-refractivity contribution in [3.63, 3.8) is 0 Å². The molecular formula is C13H19FN2O2. The maximum absolute atomic E-state index is 13.9. The molecule has 2 unspecified atom stereocenters. The molecule has 1 N–H and O–H groups in total. The fourth-order valence-corrected chi connectivity index (χ4v) is 2.15. The minimum atomic E-state index is -0.584. The topological polar surface area (TPSA) is 55.2 Å². The zero-order chi connectivity index (χ0) is 13.7. The van der Waals surface area contributed by atoms with Crippen LogP contribution in [0.2, 0.25) is 0 Å². The Hall–Kier alpha value is -1.49. The quantitative estimate of drug-likeness (QED) is 0.626. The van der Waals surface area contributed by atoms with Crippen molar-refractivity contribution in [2.45, 2.75) is 39.2 Å². The van der Waals surface area contributed by atoms with E-state index in [9.17, 15) is 14.5 Å². The Bertz CT molecular complexity index is 423. The van der Waals surface area contributed by atoms with E-state index in [-0.39, 0.29) is 17.6 Å². The highest BCUT2D eigenvalue weighted by Gasteiger charge is 2.21. The summed E-state index contributed by atoms with van der Waals surface area (Å²) >= 11 is 0. The number of nitrogens with one attached hydrogen (secondary N) is 1. The number of nitro benzene ring substituents is 1. The number of nitrogens with zero attached hydrogens (tertiary/aromatic N) is 1. The van der Waals surface area contributed by atoms with Gasteiger partial charge in [0.2, 0.25) is 0 Å². The molecule has 5 heteroatoms. The number of hydrogen-bond donors (Lipinski definition) is 1. The lowest BCUT2D eigenvalue weighted by Crippen LogP contribution is -2.33. The average molecular weight is 254 g/mol. The van der Waals surface area contributed by atoms with Crippen molar-refractivity contribution >= 4 is 5.69 Å². The van der Waals surface area contributed by atoms with Crippen LogP contribution in [0.25, 0.3) is 0 Å². The molecule has 1 aromatic carbocycles. The fraction of sp³-hybridized carbons (Fsp3) is 0.538. The number of likely N-dealkylation sites (N-methyl/N-ethyl adjacent to an activating group) is 1. The summed E-state index contributed by atoms with van der Waals surface area (Å²) in [6.07, 6.45) is 0.880. The zero-order valence-corrected chi connectivity index (χ0v) is 10.9. The first-order chi connectivity index (χ1) is 8.51. The number of non-ortho nitro benzene ring substituents is 1. The van der Waals surface area contributed by atoms with Gasteiger partial charge in [0.1, 0.15) is 5.82 Å². The number of nitro groups is 1. The van der Waals surface area contributed by atoms with E-state index in [1.54, 1.807) is 0 Å². The summed E-state index contributed by atoms with van der Waals surface area (Å²) in [6, 6.07) is 4.03. The summed E-state index contributed by atoms with van der Waals surface area (Å²) in [5.74, 6) is -0.524. The fourth-order valence-electron chi connectivity index (χ4n) is 2.15. The molecule has 4 nitrogen and oxygen atoms in total. The smallest absolute Gasteiger partial charge is 0.272 e. The van der Waals surface area contributed by atoms with Gasteiger partial charge in [0.15, 0.2) is 0 Å². The standard InChI is InChI=1S/C13H19FN2O2/c1-4-13(15-5-2)9(3)11-7-6-10(16(17)18)8-12(11)14/h6-9,13,15H,4-5H2,1-3H3. The maximum Gasteiger partial charge on any atom is 0.272 e. The summed E-state index contributed by atoms with van der Waals surface area (Å²) in [4.78, 5) is 9.97. The van der Waals surface area contributed by atoms with E-state index in [1.165, 1.54) is 12.1 Å². The molecule has 0 aliphatic heterocycles. The van der Waals surface area contributed by atoms with Crippen molar-refractivity contribution in [1.29, 1.82) is 0 Å². The van der Waals surface area contributed by atoms with E-state index >= 15 is 0 Å². The van der Waals surface area contributed by atoms with Crippen molar-refractivity contribution in [1.82, 2.24) is 5.32 Å². The van der Waals surface area contributed by atoms with Crippen LogP contribution in [0.15, 0.2) is 18.2 Å². The van der Waals surface area contributed by atoms with Crippen LogP contribution in [-0.2, 0) is 0 Å². The SMILES string of the molecule is CCNC(CC)C(C)c1ccc([N+](=O)[O-])cc1F. The molecule has 2 atom stereocenters. The van der Waals surface area contributed by atoms with Crippen molar-refractivity contribution in [3.05, 3.63) is 39.7 Å². The summed E-state index contributed by atoms with van der Waals surface area (Å²) in [5, 5.41) is 13.8. The first kappa shape index (κ1) is 14.6. The molecule has 0 amide bonds. The highest BCUT2D eigenvalue weighted by molar-refractivity contribution is 5.36. The molecule has 0 radical (unpaired) electrons. The van der Waals surface area contributed by atoms with Crippen LogP contribution in [0.4, 0.5) is 10.1 Å². The van der Waals surface area contributed by atoms with Gasteiger partial charge in [-0.25, -0.2) is 4.39 Å². The van der Waals surface area contributed by atoms with Gasteiger partial charge in [-0.15, -0.1) is 0 Å². The van der Waals surface area contributed by atoms with Crippen LogP contribution in [0.5, 0.6) is 0 Å². The number of hydrogen-bond acceptors (Lipinski definition) is 3. The molecule has 0 spiro atoms. The first-order valence-corrected chi connectivity index (χ1v) is 6.18. The first-order valence-electron chi connectivity index (χ1n) is 6.18. The summed E-state index contributed by atoms with van der Waals surface area (Å²) in [6.45, 7) is 6.78. The van der Waals surface area contributed by atoms with Crippen LogP contribution >= 0.6 is 0 Å². The van der Waals surface area contributed by atoms with Gasteiger partial charge in [0.25, 0.3) is 5.69 Å². The Labute approximate surface area is 106 Å². The second kappa shape index (κ2) is 6.44. The summed E-state index contributed by atoms with van der Waals surface area (Å²) in [5.41, 5.74) is 0.313. The lowest BCUT2D eigenvalue weighted by Gasteiger charge is -2.24. The van der Waals surface area contributed by atoms with Crippen molar-refractivity contribution in [3.8, 4) is 0 Å². The van der Waals surface area contributed by atoms with Gasteiger partial charge in [-0.3, -0.25) is 10.1 Å². The van der Waals surface area contributed by atoms with Crippen LogP contribution in [0.1, 0.15) is 38.7 Å². The molecule has 0 aliphatic carbocycles. The van der Waals surface area contributed by atoms with Gasteiger partial charge < -0.3 is 5.32 Å². The lowest BCUT2D eigenvalue weighted by molar-refractivity contribution is -0.385. The van der Waals surface area contributed by atoms with Gasteiger partial charge in [0.05, 0.1) is 11.0 Å². The highest BCUT2D eigenvalue weighted by atomic mass is 19.1. The molecule has 18 heavy (non-hydrogen) atoms. The molecule has 0 fully saturated rings. The molecule has 0 bridgehead atoms. The Kier molecular flexibility index (Phi) is 5.22. The van der Waals surface area contributed by atoms with E-state index in [0.29, 0.717) is 5.56 Å². The number of rotatable bonds is 6. The maximum atomic E-state index is 13.9. The Morgan fingerprint density at radius 1 is 1.44 bits per heavy atom. The van der Waals surface area contributed by atoms with E-state index in [2.05, 4.69) is 5.32 Å². The van der Waals surface area contributed by atoms with Crippen molar-refractivity contribution in [2.24, 2.45) is 0 Å².